The van der Waals surface area contributed by atoms with Gasteiger partial charge in [0.15, 0.2) is 5.11 Å². The molecule has 1 aromatic carbocycles. The molecule has 2 aromatic heterocycles. The van der Waals surface area contributed by atoms with Gasteiger partial charge in [-0.1, -0.05) is 22.0 Å². The summed E-state index contributed by atoms with van der Waals surface area (Å²) in [6.45, 7) is 2.09. The Hall–Kier alpha value is -2.18. The van der Waals surface area contributed by atoms with Gasteiger partial charge in [-0.3, -0.25) is 4.98 Å². The lowest BCUT2D eigenvalue weighted by atomic mass is 10.0. The average Bonchev–Trinajstić information content (AvgIpc) is 3.21. The van der Waals surface area contributed by atoms with E-state index in [1.54, 1.807) is 0 Å². The van der Waals surface area contributed by atoms with Crippen LogP contribution in [-0.4, -0.2) is 14.7 Å². The van der Waals surface area contributed by atoms with Gasteiger partial charge in [0.2, 0.25) is 0 Å². The minimum absolute atomic E-state index is 0.0127. The Bertz CT molecular complexity index is 953. The zero-order valence-electron chi connectivity index (χ0n) is 14.6. The topological polar surface area (TPSA) is 33.1 Å². The van der Waals surface area contributed by atoms with Crippen molar-refractivity contribution in [2.75, 3.05) is 4.90 Å². The van der Waals surface area contributed by atoms with Crippen molar-refractivity contribution in [2.24, 2.45) is 7.05 Å². The maximum absolute atomic E-state index is 5.74. The molecule has 2 atom stereocenters. The summed E-state index contributed by atoms with van der Waals surface area (Å²) >= 11 is 9.32. The number of aryl methyl sites for hydroxylation is 2. The van der Waals surface area contributed by atoms with E-state index in [4.69, 9.17) is 12.2 Å². The van der Waals surface area contributed by atoms with E-state index in [1.165, 1.54) is 11.3 Å². The molecule has 0 radical (unpaired) electrons. The molecule has 3 heterocycles. The van der Waals surface area contributed by atoms with Crippen molar-refractivity contribution >= 4 is 38.9 Å². The number of hydrogen-bond acceptors (Lipinski definition) is 2. The molecule has 1 fully saturated rings. The Labute approximate surface area is 167 Å². The van der Waals surface area contributed by atoms with E-state index in [0.717, 1.165) is 15.9 Å². The normalized spacial score (nSPS) is 19.7. The van der Waals surface area contributed by atoms with Crippen LogP contribution >= 0.6 is 28.1 Å². The zero-order chi connectivity index (χ0) is 18.3. The van der Waals surface area contributed by atoms with Crippen molar-refractivity contribution < 1.29 is 0 Å². The van der Waals surface area contributed by atoms with E-state index in [9.17, 15) is 0 Å². The van der Waals surface area contributed by atoms with Crippen LogP contribution in [0.5, 0.6) is 0 Å². The van der Waals surface area contributed by atoms with Gasteiger partial charge in [-0.2, -0.15) is 0 Å². The number of halogens is 1. The first-order valence-corrected chi connectivity index (χ1v) is 9.64. The van der Waals surface area contributed by atoms with Crippen molar-refractivity contribution in [3.05, 3.63) is 82.3 Å². The highest BCUT2D eigenvalue weighted by Gasteiger charge is 2.41. The maximum atomic E-state index is 5.74. The minimum atomic E-state index is -0.0127. The van der Waals surface area contributed by atoms with Crippen molar-refractivity contribution in [2.45, 2.75) is 19.0 Å². The molecule has 0 bridgehead atoms. The largest absolute Gasteiger partial charge is 0.353 e. The van der Waals surface area contributed by atoms with Gasteiger partial charge in [-0.15, -0.1) is 0 Å². The highest BCUT2D eigenvalue weighted by atomic mass is 79.9. The molecule has 0 aliphatic carbocycles. The van der Waals surface area contributed by atoms with E-state index < -0.39 is 0 Å². The Morgan fingerprint density at radius 1 is 1.15 bits per heavy atom. The van der Waals surface area contributed by atoms with Crippen LogP contribution < -0.4 is 10.2 Å². The summed E-state index contributed by atoms with van der Waals surface area (Å²) in [6.07, 6.45) is 3.89. The number of aromatic nitrogens is 2. The predicted octanol–water partition coefficient (Wildman–Crippen LogP) is 4.67. The summed E-state index contributed by atoms with van der Waals surface area (Å²) < 4.78 is 3.24. The number of nitrogens with one attached hydrogen (secondary N) is 1. The first-order chi connectivity index (χ1) is 12.6. The summed E-state index contributed by atoms with van der Waals surface area (Å²) in [7, 11) is 2.07. The minimum Gasteiger partial charge on any atom is -0.353 e. The Morgan fingerprint density at radius 3 is 2.65 bits per heavy atom. The van der Waals surface area contributed by atoms with Gasteiger partial charge in [0.1, 0.15) is 6.04 Å². The monoisotopic (exact) mass is 426 g/mol. The van der Waals surface area contributed by atoms with Crippen molar-refractivity contribution in [3.8, 4) is 0 Å². The number of hydrogen-bond donors (Lipinski definition) is 1. The van der Waals surface area contributed by atoms with Crippen LogP contribution in [0.4, 0.5) is 5.69 Å². The molecular formula is C20H19BrN4S. The van der Waals surface area contributed by atoms with E-state index >= 15 is 0 Å². The number of nitrogens with zero attached hydrogens (tertiary/aromatic N) is 3. The van der Waals surface area contributed by atoms with E-state index in [0.29, 0.717) is 5.11 Å². The molecular weight excluding hydrogens is 408 g/mol. The molecule has 26 heavy (non-hydrogen) atoms. The molecule has 6 heteroatoms. The standard InChI is InChI=1S/C20H19BrN4S/c1-13-12-14(8-9-15(13)21)25-19(17-7-5-11-24(17)2)18(23-20(25)26)16-6-3-4-10-22-16/h3-12,18-19H,1-2H3,(H,23,26)/t18-,19+/m1/s1. The number of thiocarbonyl (C=S) groups is 1. The SMILES string of the molecule is Cc1cc(N2C(=S)N[C@H](c3ccccn3)[C@@H]2c2cccn2C)ccc1Br. The smallest absolute Gasteiger partial charge is 0.174 e. The van der Waals surface area contributed by atoms with Crippen LogP contribution in [0.15, 0.2) is 65.4 Å². The summed E-state index contributed by atoms with van der Waals surface area (Å²) in [4.78, 5) is 6.78. The molecule has 0 unspecified atom stereocenters. The Morgan fingerprint density at radius 2 is 2.00 bits per heavy atom. The van der Waals surface area contributed by atoms with Gasteiger partial charge in [0.25, 0.3) is 0 Å². The number of benzene rings is 1. The molecule has 1 aliphatic heterocycles. The highest BCUT2D eigenvalue weighted by molar-refractivity contribution is 9.10. The van der Waals surface area contributed by atoms with Crippen molar-refractivity contribution in [1.29, 1.82) is 0 Å². The lowest BCUT2D eigenvalue weighted by Crippen LogP contribution is -2.30. The van der Waals surface area contributed by atoms with Gasteiger partial charge >= 0.3 is 0 Å². The van der Waals surface area contributed by atoms with E-state index in [2.05, 4.69) is 86.2 Å². The molecule has 1 aliphatic rings. The van der Waals surface area contributed by atoms with Crippen LogP contribution in [0.3, 0.4) is 0 Å². The maximum Gasteiger partial charge on any atom is 0.174 e. The van der Waals surface area contributed by atoms with Crippen molar-refractivity contribution in [3.63, 3.8) is 0 Å². The molecule has 0 amide bonds. The fourth-order valence-electron chi connectivity index (χ4n) is 3.49. The molecule has 4 rings (SSSR count). The quantitative estimate of drug-likeness (QED) is 0.616. The molecule has 3 aromatic rings. The Balaban J connectivity index is 1.85. The molecule has 132 valence electrons. The van der Waals surface area contributed by atoms with Gasteiger partial charge < -0.3 is 14.8 Å². The number of rotatable bonds is 3. The molecule has 4 nitrogen and oxygen atoms in total. The summed E-state index contributed by atoms with van der Waals surface area (Å²) in [5, 5.41) is 4.20. The predicted molar refractivity (Wildman–Crippen MR) is 112 cm³/mol. The molecule has 1 saturated heterocycles. The van der Waals surface area contributed by atoms with Crippen LogP contribution in [0.2, 0.25) is 0 Å². The summed E-state index contributed by atoms with van der Waals surface area (Å²) in [6, 6.07) is 16.6. The second-order valence-electron chi connectivity index (χ2n) is 6.47. The van der Waals surface area contributed by atoms with E-state index in [1.807, 2.05) is 24.4 Å². The van der Waals surface area contributed by atoms with Crippen molar-refractivity contribution in [1.82, 2.24) is 14.9 Å². The van der Waals surface area contributed by atoms with Crippen LogP contribution in [0.1, 0.15) is 29.0 Å². The highest BCUT2D eigenvalue weighted by Crippen LogP contribution is 2.41. The van der Waals surface area contributed by atoms with Crippen LogP contribution in [-0.2, 0) is 7.05 Å². The summed E-state index contributed by atoms with van der Waals surface area (Å²) in [5.74, 6) is 0. The molecule has 1 N–H and O–H groups in total. The third-order valence-electron chi connectivity index (χ3n) is 4.80. The lowest BCUT2D eigenvalue weighted by molar-refractivity contribution is 0.541. The van der Waals surface area contributed by atoms with Crippen LogP contribution in [0, 0.1) is 6.92 Å². The number of anilines is 1. The number of pyridine rings is 1. The van der Waals surface area contributed by atoms with Gasteiger partial charge in [-0.25, -0.2) is 0 Å². The fraction of sp³-hybridized carbons (Fsp3) is 0.200. The zero-order valence-corrected chi connectivity index (χ0v) is 17.0. The Kier molecular flexibility index (Phi) is 4.54. The molecule has 0 spiro atoms. The lowest BCUT2D eigenvalue weighted by Gasteiger charge is -2.28. The third kappa shape index (κ3) is 2.93. The second kappa shape index (κ2) is 6.85. The third-order valence-corrected chi connectivity index (χ3v) is 6.01. The van der Waals surface area contributed by atoms with Gasteiger partial charge in [0, 0.05) is 35.3 Å². The van der Waals surface area contributed by atoms with Crippen LogP contribution in [0.25, 0.3) is 0 Å². The average molecular weight is 427 g/mol. The second-order valence-corrected chi connectivity index (χ2v) is 7.72. The first-order valence-electron chi connectivity index (χ1n) is 8.44. The first kappa shape index (κ1) is 17.2. The molecule has 0 saturated carbocycles. The van der Waals surface area contributed by atoms with Gasteiger partial charge in [0.05, 0.1) is 11.7 Å². The fourth-order valence-corrected chi connectivity index (χ4v) is 4.09. The van der Waals surface area contributed by atoms with Gasteiger partial charge in [-0.05, 0) is 67.2 Å². The summed E-state index contributed by atoms with van der Waals surface area (Å²) in [5.41, 5.74) is 4.43. The van der Waals surface area contributed by atoms with E-state index in [-0.39, 0.29) is 12.1 Å².